The summed E-state index contributed by atoms with van der Waals surface area (Å²) in [5.41, 5.74) is 2.18. The molecule has 12 heteroatoms. The minimum absolute atomic E-state index is 0.00317. The molecule has 0 atom stereocenters. The van der Waals surface area contributed by atoms with Gasteiger partial charge in [0.2, 0.25) is 5.82 Å². The quantitative estimate of drug-likeness (QED) is 0.0904. The van der Waals surface area contributed by atoms with Crippen LogP contribution in [0.1, 0.15) is 11.1 Å². The van der Waals surface area contributed by atoms with Gasteiger partial charge in [0.25, 0.3) is 11.2 Å². The summed E-state index contributed by atoms with van der Waals surface area (Å²) in [6, 6.07) is 24.1. The van der Waals surface area contributed by atoms with E-state index in [2.05, 4.69) is 37.0 Å². The summed E-state index contributed by atoms with van der Waals surface area (Å²) in [5, 5.41) is 16.7. The van der Waals surface area contributed by atoms with Crippen LogP contribution < -0.4 is 15.0 Å². The van der Waals surface area contributed by atoms with Gasteiger partial charge in [0.1, 0.15) is 12.2 Å². The number of rotatable bonds is 8. The van der Waals surface area contributed by atoms with E-state index in [1.54, 1.807) is 42.5 Å². The molecule has 6 aromatic rings. The van der Waals surface area contributed by atoms with E-state index in [1.807, 2.05) is 30.3 Å². The maximum atomic E-state index is 13.6. The van der Waals surface area contributed by atoms with Gasteiger partial charge in [-0.25, -0.2) is 4.98 Å². The number of hydrogen-bond donors (Lipinski definition) is 0. The number of benzene rings is 4. The molecule has 0 aliphatic heterocycles. The number of halogens is 2. The third-order valence-corrected chi connectivity index (χ3v) is 7.64. The van der Waals surface area contributed by atoms with Gasteiger partial charge in [-0.2, -0.15) is 9.78 Å². The van der Waals surface area contributed by atoms with E-state index < -0.39 is 4.92 Å². The number of nitrogens with zero attached hydrogens (tertiary/aromatic N) is 4. The average molecular weight is 704 g/mol. The molecule has 4 aromatic carbocycles. The molecule has 0 spiro atoms. The van der Waals surface area contributed by atoms with Crippen LogP contribution in [0.15, 0.2) is 108 Å². The zero-order valence-corrected chi connectivity index (χ0v) is 25.5. The van der Waals surface area contributed by atoms with Crippen molar-refractivity contribution in [3.63, 3.8) is 0 Å². The predicted molar refractivity (Wildman–Crippen MR) is 170 cm³/mol. The van der Waals surface area contributed by atoms with Gasteiger partial charge in [-0.3, -0.25) is 14.9 Å². The molecule has 0 amide bonds. The SMILES string of the molecule is COc1cc(C=Nn2c(-c3cc4cc(Br)ccc4o3)nc3ccccc3c2=O)cc(Br)c1OCc1ccc([N+](=O)[O-])cc1. The molecule has 0 saturated carbocycles. The van der Waals surface area contributed by atoms with Crippen molar-refractivity contribution in [1.29, 1.82) is 0 Å². The third kappa shape index (κ3) is 5.79. The number of furan rings is 1. The Morgan fingerprint density at radius 1 is 1.05 bits per heavy atom. The molecule has 0 fully saturated rings. The van der Waals surface area contributed by atoms with Gasteiger partial charge in [-0.1, -0.05) is 28.1 Å². The normalized spacial score (nSPS) is 11.4. The van der Waals surface area contributed by atoms with Gasteiger partial charge >= 0.3 is 0 Å². The van der Waals surface area contributed by atoms with Crippen molar-refractivity contribution in [2.45, 2.75) is 6.61 Å². The lowest BCUT2D eigenvalue weighted by Gasteiger charge is -2.13. The second-order valence-corrected chi connectivity index (χ2v) is 11.1. The van der Waals surface area contributed by atoms with Crippen LogP contribution in [0.4, 0.5) is 5.69 Å². The van der Waals surface area contributed by atoms with Crippen molar-refractivity contribution in [2.24, 2.45) is 5.10 Å². The zero-order valence-electron chi connectivity index (χ0n) is 22.4. The fourth-order valence-corrected chi connectivity index (χ4v) is 5.42. The number of nitro benzene ring substituents is 1. The number of ether oxygens (including phenoxy) is 2. The highest BCUT2D eigenvalue weighted by Gasteiger charge is 2.17. The standard InChI is InChI=1S/C31H20Br2N4O6/c1-41-27-13-19(12-24(33)29(27)42-17-18-6-9-22(10-7-18)37(39)40)16-34-36-30(35-25-5-3-2-4-23(25)31(36)38)28-15-20-14-21(32)8-11-26(20)43-28/h2-16H,17H2,1H3. The average Bonchev–Trinajstić information content (AvgIpc) is 3.43. The molecule has 0 saturated heterocycles. The topological polar surface area (TPSA) is 122 Å². The molecular weight excluding hydrogens is 684 g/mol. The fraction of sp³-hybridized carbons (Fsp3) is 0.0645. The van der Waals surface area contributed by atoms with Gasteiger partial charge in [-0.15, -0.1) is 0 Å². The summed E-state index contributed by atoms with van der Waals surface area (Å²) in [7, 11) is 1.51. The van der Waals surface area contributed by atoms with Crippen molar-refractivity contribution in [3.8, 4) is 23.1 Å². The van der Waals surface area contributed by atoms with Gasteiger partial charge < -0.3 is 13.9 Å². The summed E-state index contributed by atoms with van der Waals surface area (Å²) < 4.78 is 20.3. The molecule has 0 bridgehead atoms. The number of methoxy groups -OCH3 is 1. The van der Waals surface area contributed by atoms with Crippen molar-refractivity contribution >= 4 is 65.6 Å². The molecule has 214 valence electrons. The molecule has 0 N–H and O–H groups in total. The first-order chi connectivity index (χ1) is 20.8. The highest BCUT2D eigenvalue weighted by molar-refractivity contribution is 9.10. The number of nitro groups is 1. The Morgan fingerprint density at radius 3 is 2.60 bits per heavy atom. The molecular formula is C31H20Br2N4O6. The first-order valence-electron chi connectivity index (χ1n) is 12.8. The van der Waals surface area contributed by atoms with E-state index in [1.165, 1.54) is 30.1 Å². The Kier molecular flexibility index (Phi) is 7.78. The Hall–Kier alpha value is -4.81. The van der Waals surface area contributed by atoms with E-state index in [-0.39, 0.29) is 23.7 Å². The van der Waals surface area contributed by atoms with Gasteiger partial charge in [-0.05, 0) is 87.7 Å². The van der Waals surface area contributed by atoms with Crippen LogP contribution in [0, 0.1) is 10.1 Å². The number of fused-ring (bicyclic) bond motifs is 2. The first kappa shape index (κ1) is 28.3. The fourth-order valence-electron chi connectivity index (χ4n) is 4.46. The van der Waals surface area contributed by atoms with Crippen molar-refractivity contribution < 1.29 is 18.8 Å². The van der Waals surface area contributed by atoms with E-state index >= 15 is 0 Å². The van der Waals surface area contributed by atoms with Crippen LogP contribution in [-0.2, 0) is 6.61 Å². The summed E-state index contributed by atoms with van der Waals surface area (Å²) in [6.45, 7) is 0.163. The van der Waals surface area contributed by atoms with Crippen LogP contribution in [-0.4, -0.2) is 27.9 Å². The maximum Gasteiger partial charge on any atom is 0.282 e. The minimum atomic E-state index is -0.453. The second-order valence-electron chi connectivity index (χ2n) is 9.35. The lowest BCUT2D eigenvalue weighted by molar-refractivity contribution is -0.384. The number of hydrogen-bond acceptors (Lipinski definition) is 8. The monoisotopic (exact) mass is 702 g/mol. The number of para-hydroxylation sites is 1. The minimum Gasteiger partial charge on any atom is -0.493 e. The summed E-state index contributed by atoms with van der Waals surface area (Å²) in [4.78, 5) is 28.8. The molecule has 0 radical (unpaired) electrons. The Bertz CT molecular complexity index is 2100. The maximum absolute atomic E-state index is 13.6. The van der Waals surface area contributed by atoms with Gasteiger partial charge in [0, 0.05) is 22.0 Å². The number of non-ortho nitro benzene ring substituents is 1. The molecule has 2 aromatic heterocycles. The molecule has 43 heavy (non-hydrogen) atoms. The van der Waals surface area contributed by atoms with Crippen LogP contribution in [0.25, 0.3) is 33.5 Å². The van der Waals surface area contributed by atoms with E-state index in [9.17, 15) is 14.9 Å². The zero-order chi connectivity index (χ0) is 30.1. The largest absolute Gasteiger partial charge is 0.493 e. The molecule has 10 nitrogen and oxygen atoms in total. The Morgan fingerprint density at radius 2 is 1.84 bits per heavy atom. The second kappa shape index (κ2) is 11.8. The van der Waals surface area contributed by atoms with Crippen LogP contribution in [0.3, 0.4) is 0 Å². The summed E-state index contributed by atoms with van der Waals surface area (Å²) >= 11 is 7.01. The Labute approximate surface area is 260 Å². The van der Waals surface area contributed by atoms with Crippen LogP contribution >= 0.6 is 31.9 Å². The molecule has 0 unspecified atom stereocenters. The van der Waals surface area contributed by atoms with Crippen molar-refractivity contribution in [2.75, 3.05) is 7.11 Å². The lowest BCUT2D eigenvalue weighted by Crippen LogP contribution is -2.20. The van der Waals surface area contributed by atoms with E-state index in [4.69, 9.17) is 18.9 Å². The molecule has 6 rings (SSSR count). The highest BCUT2D eigenvalue weighted by Crippen LogP contribution is 2.37. The molecule has 0 aliphatic carbocycles. The smallest absolute Gasteiger partial charge is 0.282 e. The molecule has 2 heterocycles. The first-order valence-corrected chi connectivity index (χ1v) is 14.4. The lowest BCUT2D eigenvalue weighted by atomic mass is 10.2. The third-order valence-electron chi connectivity index (χ3n) is 6.56. The van der Waals surface area contributed by atoms with Gasteiger partial charge in [0.15, 0.2) is 17.3 Å². The van der Waals surface area contributed by atoms with E-state index in [0.717, 1.165) is 15.4 Å². The van der Waals surface area contributed by atoms with Gasteiger partial charge in [0.05, 0.1) is 33.6 Å². The highest BCUT2D eigenvalue weighted by atomic mass is 79.9. The molecule has 0 aliphatic rings. The summed E-state index contributed by atoms with van der Waals surface area (Å²) in [5.74, 6) is 1.50. The van der Waals surface area contributed by atoms with Crippen molar-refractivity contribution in [1.82, 2.24) is 9.66 Å². The van der Waals surface area contributed by atoms with Crippen LogP contribution in [0.5, 0.6) is 11.5 Å². The predicted octanol–water partition coefficient (Wildman–Crippen LogP) is 7.71. The summed E-state index contributed by atoms with van der Waals surface area (Å²) in [6.07, 6.45) is 1.52. The van der Waals surface area contributed by atoms with E-state index in [0.29, 0.717) is 43.8 Å². The Balaban J connectivity index is 1.36. The number of aromatic nitrogens is 2. The van der Waals surface area contributed by atoms with Crippen molar-refractivity contribution in [3.05, 3.63) is 125 Å². The van der Waals surface area contributed by atoms with Crippen LogP contribution in [0.2, 0.25) is 0 Å².